The van der Waals surface area contributed by atoms with E-state index < -0.39 is 15.9 Å². The molecule has 1 amide bonds. The number of aromatic hydroxyl groups is 2. The summed E-state index contributed by atoms with van der Waals surface area (Å²) < 4.78 is 27.2. The quantitative estimate of drug-likeness (QED) is 0.480. The van der Waals surface area contributed by atoms with Gasteiger partial charge in [0, 0.05) is 11.8 Å². The average Bonchev–Trinajstić information content (AvgIpc) is 3.09. The molecule has 0 aliphatic carbocycles. The number of amides is 1. The second kappa shape index (κ2) is 7.82. The Hall–Kier alpha value is -3.18. The molecule has 11 heteroatoms. The van der Waals surface area contributed by atoms with Gasteiger partial charge in [0.1, 0.15) is 16.5 Å². The van der Waals surface area contributed by atoms with Gasteiger partial charge >= 0.3 is 0 Å². The fourth-order valence-corrected chi connectivity index (χ4v) is 4.15. The van der Waals surface area contributed by atoms with Gasteiger partial charge in [0.05, 0.1) is 10.5 Å². The predicted octanol–water partition coefficient (Wildman–Crippen LogP) is 2.56. The van der Waals surface area contributed by atoms with E-state index in [1.54, 1.807) is 0 Å². The summed E-state index contributed by atoms with van der Waals surface area (Å²) in [6, 6.07) is 9.09. The van der Waals surface area contributed by atoms with Crippen molar-refractivity contribution in [3.8, 4) is 11.5 Å². The number of phenols is 2. The predicted molar refractivity (Wildman–Crippen MR) is 104 cm³/mol. The Morgan fingerprint density at radius 1 is 1.11 bits per heavy atom. The lowest BCUT2D eigenvalue weighted by atomic mass is 10.1. The van der Waals surface area contributed by atoms with E-state index in [1.807, 2.05) is 6.92 Å². The first kappa shape index (κ1) is 19.6. The van der Waals surface area contributed by atoms with E-state index in [4.69, 9.17) is 0 Å². The Morgan fingerprint density at radius 2 is 1.82 bits per heavy atom. The third kappa shape index (κ3) is 4.38. The van der Waals surface area contributed by atoms with Crippen molar-refractivity contribution in [1.82, 2.24) is 10.2 Å². The number of nitrogens with one attached hydrogen (secondary N) is 2. The summed E-state index contributed by atoms with van der Waals surface area (Å²) in [7, 11) is -3.84. The van der Waals surface area contributed by atoms with Crippen LogP contribution in [-0.4, -0.2) is 34.7 Å². The Morgan fingerprint density at radius 3 is 2.43 bits per heavy atom. The minimum absolute atomic E-state index is 0.00812. The molecule has 0 bridgehead atoms. The first-order chi connectivity index (χ1) is 13.3. The zero-order valence-corrected chi connectivity index (χ0v) is 16.2. The topological polar surface area (TPSA) is 142 Å². The molecule has 0 aliphatic rings. The van der Waals surface area contributed by atoms with Gasteiger partial charge in [0.2, 0.25) is 5.13 Å². The number of carbonyl (C=O) groups excluding carboxylic acids is 1. The van der Waals surface area contributed by atoms with Gasteiger partial charge in [-0.2, -0.15) is 0 Å². The molecule has 0 radical (unpaired) electrons. The van der Waals surface area contributed by atoms with Crippen molar-refractivity contribution in [2.24, 2.45) is 0 Å². The van der Waals surface area contributed by atoms with Gasteiger partial charge < -0.3 is 15.5 Å². The molecule has 4 N–H and O–H groups in total. The van der Waals surface area contributed by atoms with Gasteiger partial charge in [0.25, 0.3) is 15.9 Å². The summed E-state index contributed by atoms with van der Waals surface area (Å²) in [5.41, 5.74) is 0.305. The van der Waals surface area contributed by atoms with Crippen molar-refractivity contribution in [2.75, 3.05) is 10.0 Å². The van der Waals surface area contributed by atoms with Crippen LogP contribution in [0.25, 0.3) is 0 Å². The van der Waals surface area contributed by atoms with E-state index in [-0.39, 0.29) is 27.1 Å². The van der Waals surface area contributed by atoms with Crippen LogP contribution >= 0.6 is 11.3 Å². The summed E-state index contributed by atoms with van der Waals surface area (Å²) in [5.74, 6) is -1.14. The molecule has 3 aromatic rings. The van der Waals surface area contributed by atoms with Gasteiger partial charge in [-0.15, -0.1) is 10.2 Å². The normalized spacial score (nSPS) is 11.2. The number of nitrogens with zero attached hydrogens (tertiary/aromatic N) is 2. The Balaban J connectivity index is 1.72. The highest BCUT2D eigenvalue weighted by atomic mass is 32.2. The van der Waals surface area contributed by atoms with Crippen molar-refractivity contribution >= 4 is 38.1 Å². The average molecular weight is 420 g/mol. The third-order valence-electron chi connectivity index (χ3n) is 3.64. The molecule has 2 aromatic carbocycles. The number of aromatic nitrogens is 2. The summed E-state index contributed by atoms with van der Waals surface area (Å²) in [5, 5.41) is 30.1. The standard InChI is InChI=1S/C17H16N4O5S2/c1-2-15-19-20-17(27-15)21-28(25,26)12-6-3-10(4-7-12)18-16(24)13-8-5-11(22)9-14(13)23/h3-9,22-23H,2H2,1H3,(H,18,24)(H,20,21). The van der Waals surface area contributed by atoms with Crippen LogP contribution in [0.2, 0.25) is 0 Å². The summed E-state index contributed by atoms with van der Waals surface area (Å²) in [6.45, 7) is 1.89. The van der Waals surface area contributed by atoms with Crippen molar-refractivity contribution in [2.45, 2.75) is 18.2 Å². The van der Waals surface area contributed by atoms with E-state index in [1.165, 1.54) is 36.4 Å². The number of hydrogen-bond donors (Lipinski definition) is 4. The monoisotopic (exact) mass is 420 g/mol. The van der Waals surface area contributed by atoms with Gasteiger partial charge in [-0.3, -0.25) is 9.52 Å². The van der Waals surface area contributed by atoms with Crippen molar-refractivity contribution < 1.29 is 23.4 Å². The third-order valence-corrected chi connectivity index (χ3v) is 6.11. The zero-order chi connectivity index (χ0) is 20.3. The molecule has 3 rings (SSSR count). The molecule has 0 atom stereocenters. The Labute approximate surface area is 164 Å². The highest BCUT2D eigenvalue weighted by molar-refractivity contribution is 7.93. The SMILES string of the molecule is CCc1nnc(NS(=O)(=O)c2ccc(NC(=O)c3ccc(O)cc3O)cc2)s1. The van der Waals surface area contributed by atoms with E-state index >= 15 is 0 Å². The van der Waals surface area contributed by atoms with Crippen LogP contribution in [0.4, 0.5) is 10.8 Å². The van der Waals surface area contributed by atoms with Gasteiger partial charge in [-0.05, 0) is 42.8 Å². The second-order valence-electron chi connectivity index (χ2n) is 5.64. The van der Waals surface area contributed by atoms with E-state index in [0.29, 0.717) is 17.1 Å². The van der Waals surface area contributed by atoms with Crippen LogP contribution in [0.15, 0.2) is 47.4 Å². The van der Waals surface area contributed by atoms with Crippen molar-refractivity contribution in [1.29, 1.82) is 0 Å². The van der Waals surface area contributed by atoms with Gasteiger partial charge in [0.15, 0.2) is 0 Å². The number of benzene rings is 2. The first-order valence-corrected chi connectivity index (χ1v) is 10.4. The lowest BCUT2D eigenvalue weighted by Gasteiger charge is -2.09. The lowest BCUT2D eigenvalue weighted by Crippen LogP contribution is -2.14. The van der Waals surface area contributed by atoms with E-state index in [9.17, 15) is 23.4 Å². The zero-order valence-electron chi connectivity index (χ0n) is 14.6. The van der Waals surface area contributed by atoms with Crippen LogP contribution in [0.3, 0.4) is 0 Å². The minimum Gasteiger partial charge on any atom is -0.508 e. The van der Waals surface area contributed by atoms with Gasteiger partial charge in [-0.1, -0.05) is 18.3 Å². The minimum atomic E-state index is -3.84. The summed E-state index contributed by atoms with van der Waals surface area (Å²) in [4.78, 5) is 12.2. The molecule has 0 saturated carbocycles. The molecule has 146 valence electrons. The number of aryl methyl sites for hydroxylation is 1. The fraction of sp³-hybridized carbons (Fsp3) is 0.118. The van der Waals surface area contributed by atoms with Crippen LogP contribution in [0, 0.1) is 0 Å². The molecular weight excluding hydrogens is 404 g/mol. The molecule has 1 heterocycles. The second-order valence-corrected chi connectivity index (χ2v) is 8.38. The summed E-state index contributed by atoms with van der Waals surface area (Å²) >= 11 is 1.15. The van der Waals surface area contributed by atoms with E-state index in [2.05, 4.69) is 20.2 Å². The number of rotatable bonds is 6. The van der Waals surface area contributed by atoms with Crippen LogP contribution in [-0.2, 0) is 16.4 Å². The number of phenolic OH excluding ortho intramolecular Hbond substituents is 2. The van der Waals surface area contributed by atoms with Crippen LogP contribution < -0.4 is 10.0 Å². The Bertz CT molecular complexity index is 1110. The van der Waals surface area contributed by atoms with E-state index in [0.717, 1.165) is 17.4 Å². The Kier molecular flexibility index (Phi) is 5.47. The van der Waals surface area contributed by atoms with Gasteiger partial charge in [-0.25, -0.2) is 8.42 Å². The molecule has 0 unspecified atom stereocenters. The molecule has 0 saturated heterocycles. The number of carbonyl (C=O) groups is 1. The maximum absolute atomic E-state index is 12.4. The lowest BCUT2D eigenvalue weighted by molar-refractivity contribution is 0.102. The number of hydrogen-bond acceptors (Lipinski definition) is 8. The van der Waals surface area contributed by atoms with Crippen molar-refractivity contribution in [3.63, 3.8) is 0 Å². The van der Waals surface area contributed by atoms with Crippen LogP contribution in [0.5, 0.6) is 11.5 Å². The first-order valence-electron chi connectivity index (χ1n) is 8.07. The van der Waals surface area contributed by atoms with Crippen LogP contribution in [0.1, 0.15) is 22.3 Å². The smallest absolute Gasteiger partial charge is 0.263 e. The largest absolute Gasteiger partial charge is 0.508 e. The molecule has 1 aromatic heterocycles. The summed E-state index contributed by atoms with van der Waals surface area (Å²) in [6.07, 6.45) is 0.657. The van der Waals surface area contributed by atoms with Crippen molar-refractivity contribution in [3.05, 3.63) is 53.0 Å². The fourth-order valence-electron chi connectivity index (χ4n) is 2.24. The highest BCUT2D eigenvalue weighted by Gasteiger charge is 2.17. The maximum atomic E-state index is 12.4. The number of anilines is 2. The molecule has 28 heavy (non-hydrogen) atoms. The highest BCUT2D eigenvalue weighted by Crippen LogP contribution is 2.24. The molecule has 0 spiro atoms. The molecule has 0 fully saturated rings. The molecule has 0 aliphatic heterocycles. The maximum Gasteiger partial charge on any atom is 0.263 e. The molecule has 9 nitrogen and oxygen atoms in total. The molecular formula is C17H16N4O5S2. The number of sulfonamides is 1.